The Morgan fingerprint density at radius 3 is 2.86 bits per heavy atom. The van der Waals surface area contributed by atoms with E-state index in [1.54, 1.807) is 4.90 Å². The van der Waals surface area contributed by atoms with Crippen molar-refractivity contribution >= 4 is 17.5 Å². The minimum absolute atomic E-state index is 0.0526. The van der Waals surface area contributed by atoms with Gasteiger partial charge in [0.25, 0.3) is 0 Å². The third-order valence-electron chi connectivity index (χ3n) is 3.56. The van der Waals surface area contributed by atoms with Crippen molar-refractivity contribution in [1.29, 1.82) is 0 Å². The molecule has 1 fully saturated rings. The largest absolute Gasteiger partial charge is 0.342 e. The number of rotatable bonds is 5. The van der Waals surface area contributed by atoms with Crippen LogP contribution < -0.4 is 5.32 Å². The van der Waals surface area contributed by atoms with Gasteiger partial charge in [0.05, 0.1) is 11.6 Å². The smallest absolute Gasteiger partial charge is 0.229 e. The molecule has 0 bridgehead atoms. The van der Waals surface area contributed by atoms with Gasteiger partial charge in [-0.3, -0.25) is 9.59 Å². The number of nitrogens with zero attached hydrogens (tertiary/aromatic N) is 1. The Morgan fingerprint density at radius 2 is 2.19 bits per heavy atom. The fraction of sp³-hybridized carbons (Fsp3) is 0.467. The van der Waals surface area contributed by atoms with Gasteiger partial charge in [0, 0.05) is 25.6 Å². The molecule has 1 aromatic carbocycles. The van der Waals surface area contributed by atoms with Crippen LogP contribution in [0.3, 0.4) is 0 Å². The summed E-state index contributed by atoms with van der Waals surface area (Å²) in [4.78, 5) is 25.5. The van der Waals surface area contributed by atoms with Crippen LogP contribution >= 0.6 is 0 Å². The van der Waals surface area contributed by atoms with Crippen molar-refractivity contribution in [2.24, 2.45) is 5.92 Å². The van der Waals surface area contributed by atoms with Gasteiger partial charge in [0.1, 0.15) is 11.6 Å². The first-order chi connectivity index (χ1) is 10.0. The Kier molecular flexibility index (Phi) is 4.88. The lowest BCUT2D eigenvalue weighted by atomic mass is 10.1. The van der Waals surface area contributed by atoms with Gasteiger partial charge in [-0.1, -0.05) is 13.3 Å². The number of carbonyl (C=O) groups excluding carboxylic acids is 2. The minimum Gasteiger partial charge on any atom is -0.342 e. The molecule has 1 N–H and O–H groups in total. The lowest BCUT2D eigenvalue weighted by molar-refractivity contribution is -0.128. The maximum absolute atomic E-state index is 13.5. The van der Waals surface area contributed by atoms with E-state index in [1.807, 2.05) is 6.92 Å². The zero-order chi connectivity index (χ0) is 15.4. The van der Waals surface area contributed by atoms with Crippen molar-refractivity contribution < 1.29 is 18.4 Å². The number of hydrogen-bond acceptors (Lipinski definition) is 2. The monoisotopic (exact) mass is 296 g/mol. The third kappa shape index (κ3) is 3.77. The van der Waals surface area contributed by atoms with Gasteiger partial charge in [0.2, 0.25) is 11.8 Å². The second-order valence-electron chi connectivity index (χ2n) is 5.21. The van der Waals surface area contributed by atoms with Crippen molar-refractivity contribution in [1.82, 2.24) is 4.90 Å². The highest BCUT2D eigenvalue weighted by molar-refractivity contribution is 5.97. The third-order valence-corrected chi connectivity index (χ3v) is 3.56. The molecule has 4 nitrogen and oxygen atoms in total. The molecule has 2 rings (SSSR count). The van der Waals surface area contributed by atoms with E-state index in [0.717, 1.165) is 18.9 Å². The molecule has 0 unspecified atom stereocenters. The Hall–Kier alpha value is -1.98. The zero-order valence-corrected chi connectivity index (χ0v) is 11.9. The van der Waals surface area contributed by atoms with Crippen LogP contribution in [0, 0.1) is 17.6 Å². The van der Waals surface area contributed by atoms with Crippen LogP contribution in [-0.2, 0) is 9.59 Å². The highest BCUT2D eigenvalue weighted by Crippen LogP contribution is 2.22. The molecule has 0 saturated carbocycles. The molecule has 1 aliphatic heterocycles. The lowest BCUT2D eigenvalue weighted by Gasteiger charge is -2.16. The van der Waals surface area contributed by atoms with Crippen LogP contribution in [0.4, 0.5) is 14.5 Å². The average molecular weight is 296 g/mol. The number of halogens is 2. The molecule has 0 aromatic heterocycles. The summed E-state index contributed by atoms with van der Waals surface area (Å²) < 4.78 is 26.3. The summed E-state index contributed by atoms with van der Waals surface area (Å²) in [6.07, 6.45) is 2.01. The van der Waals surface area contributed by atoms with E-state index in [2.05, 4.69) is 5.32 Å². The summed E-state index contributed by atoms with van der Waals surface area (Å²) in [6.45, 7) is 3.03. The normalized spacial score (nSPS) is 18.1. The van der Waals surface area contributed by atoms with Crippen molar-refractivity contribution in [2.45, 2.75) is 26.2 Å². The predicted molar refractivity (Wildman–Crippen MR) is 74.6 cm³/mol. The number of amides is 2. The van der Waals surface area contributed by atoms with E-state index < -0.39 is 23.5 Å². The van der Waals surface area contributed by atoms with Gasteiger partial charge in [0.15, 0.2) is 0 Å². The summed E-state index contributed by atoms with van der Waals surface area (Å²) in [5, 5.41) is 2.42. The van der Waals surface area contributed by atoms with E-state index >= 15 is 0 Å². The molecule has 0 radical (unpaired) electrons. The number of benzene rings is 1. The molecule has 21 heavy (non-hydrogen) atoms. The Bertz CT molecular complexity index is 548. The molecule has 1 saturated heterocycles. The quantitative estimate of drug-likeness (QED) is 0.908. The highest BCUT2D eigenvalue weighted by atomic mass is 19.1. The first-order valence-electron chi connectivity index (χ1n) is 7.05. The number of likely N-dealkylation sites (tertiary alicyclic amines) is 1. The van der Waals surface area contributed by atoms with Gasteiger partial charge in [-0.05, 0) is 18.6 Å². The number of unbranched alkanes of at least 4 members (excludes halogenated alkanes) is 1. The minimum atomic E-state index is -0.824. The Labute approximate surface area is 122 Å². The zero-order valence-electron chi connectivity index (χ0n) is 11.9. The van der Waals surface area contributed by atoms with Gasteiger partial charge in [-0.15, -0.1) is 0 Å². The Morgan fingerprint density at radius 1 is 1.43 bits per heavy atom. The number of carbonyl (C=O) groups is 2. The summed E-state index contributed by atoms with van der Waals surface area (Å²) in [7, 11) is 0. The first kappa shape index (κ1) is 15.4. The van der Waals surface area contributed by atoms with Crippen molar-refractivity contribution in [2.75, 3.05) is 18.4 Å². The maximum atomic E-state index is 13.5. The lowest BCUT2D eigenvalue weighted by Crippen LogP contribution is -2.29. The SMILES string of the molecule is CCCCN1C[C@@H](C(=O)Nc2ccc(F)cc2F)CC1=O. The summed E-state index contributed by atoms with van der Waals surface area (Å²) in [6, 6.07) is 2.96. The van der Waals surface area contributed by atoms with E-state index in [0.29, 0.717) is 19.2 Å². The summed E-state index contributed by atoms with van der Waals surface area (Å²) in [5.41, 5.74) is -0.0687. The summed E-state index contributed by atoms with van der Waals surface area (Å²) in [5.74, 6) is -2.47. The van der Waals surface area contributed by atoms with E-state index in [1.165, 1.54) is 6.07 Å². The van der Waals surface area contributed by atoms with Gasteiger partial charge >= 0.3 is 0 Å². The fourth-order valence-electron chi connectivity index (χ4n) is 2.34. The fourth-order valence-corrected chi connectivity index (χ4v) is 2.34. The predicted octanol–water partition coefficient (Wildman–Crippen LogP) is 2.55. The second kappa shape index (κ2) is 6.65. The van der Waals surface area contributed by atoms with E-state index in [9.17, 15) is 18.4 Å². The molecule has 1 heterocycles. The van der Waals surface area contributed by atoms with Crippen LogP contribution in [-0.4, -0.2) is 29.8 Å². The summed E-state index contributed by atoms with van der Waals surface area (Å²) >= 11 is 0. The van der Waals surface area contributed by atoms with Crippen LogP contribution in [0.25, 0.3) is 0 Å². The first-order valence-corrected chi connectivity index (χ1v) is 7.05. The maximum Gasteiger partial charge on any atom is 0.229 e. The molecule has 2 amide bonds. The molecule has 1 aromatic rings. The molecule has 0 aliphatic carbocycles. The average Bonchev–Trinajstić information content (AvgIpc) is 2.81. The highest BCUT2D eigenvalue weighted by Gasteiger charge is 2.34. The van der Waals surface area contributed by atoms with E-state index in [4.69, 9.17) is 0 Å². The van der Waals surface area contributed by atoms with Gasteiger partial charge in [-0.25, -0.2) is 8.78 Å². The van der Waals surface area contributed by atoms with Crippen LogP contribution in [0.1, 0.15) is 26.2 Å². The second-order valence-corrected chi connectivity index (χ2v) is 5.21. The van der Waals surface area contributed by atoms with Gasteiger partial charge in [-0.2, -0.15) is 0 Å². The standard InChI is InChI=1S/C15H18F2N2O2/c1-2-3-6-19-9-10(7-14(19)20)15(21)18-13-5-4-11(16)8-12(13)17/h4-5,8,10H,2-3,6-7,9H2,1H3,(H,18,21)/t10-/m0/s1. The van der Waals surface area contributed by atoms with E-state index in [-0.39, 0.29) is 18.0 Å². The number of nitrogens with one attached hydrogen (secondary N) is 1. The van der Waals surface area contributed by atoms with Crippen molar-refractivity contribution in [3.05, 3.63) is 29.8 Å². The Balaban J connectivity index is 1.96. The van der Waals surface area contributed by atoms with Crippen LogP contribution in [0.2, 0.25) is 0 Å². The number of anilines is 1. The van der Waals surface area contributed by atoms with Crippen LogP contribution in [0.5, 0.6) is 0 Å². The number of hydrogen-bond donors (Lipinski definition) is 1. The van der Waals surface area contributed by atoms with Crippen molar-refractivity contribution in [3.8, 4) is 0 Å². The molecule has 0 spiro atoms. The molecule has 114 valence electrons. The van der Waals surface area contributed by atoms with Gasteiger partial charge < -0.3 is 10.2 Å². The molecule has 6 heteroatoms. The topological polar surface area (TPSA) is 49.4 Å². The van der Waals surface area contributed by atoms with Crippen LogP contribution in [0.15, 0.2) is 18.2 Å². The molecular weight excluding hydrogens is 278 g/mol. The molecule has 1 aliphatic rings. The molecular formula is C15H18F2N2O2. The van der Waals surface area contributed by atoms with Crippen molar-refractivity contribution in [3.63, 3.8) is 0 Å². The molecule has 1 atom stereocenters.